The molecule has 0 aliphatic carbocycles. The van der Waals surface area contributed by atoms with Gasteiger partial charge in [0.2, 0.25) is 0 Å². The number of hydrogen-bond donors (Lipinski definition) is 1. The molecule has 1 amide bonds. The number of anilines is 1. The van der Waals surface area contributed by atoms with E-state index in [-0.39, 0.29) is 12.0 Å². The Kier molecular flexibility index (Phi) is 4.38. The van der Waals surface area contributed by atoms with Gasteiger partial charge in [0, 0.05) is 14.1 Å². The Bertz CT molecular complexity index is 716. The van der Waals surface area contributed by atoms with Crippen LogP contribution in [0, 0.1) is 6.92 Å². The van der Waals surface area contributed by atoms with Gasteiger partial charge in [-0.15, -0.1) is 0 Å². The molecular formula is C16H19N3O3S. The average molecular weight is 333 g/mol. The zero-order valence-electron chi connectivity index (χ0n) is 13.3. The lowest BCUT2D eigenvalue weighted by atomic mass is 10.2. The van der Waals surface area contributed by atoms with Gasteiger partial charge in [0.05, 0.1) is 17.8 Å². The maximum Gasteiger partial charge on any atom is 0.258 e. The topological polar surface area (TPSA) is 63.7 Å². The molecule has 0 spiro atoms. The van der Waals surface area contributed by atoms with Gasteiger partial charge in [-0.05, 0) is 30.6 Å². The fourth-order valence-corrected chi connectivity index (χ4v) is 3.26. The molecule has 0 radical (unpaired) electrons. The summed E-state index contributed by atoms with van der Waals surface area (Å²) in [6.07, 6.45) is -0.191. The Morgan fingerprint density at radius 3 is 2.91 bits per heavy atom. The van der Waals surface area contributed by atoms with E-state index >= 15 is 0 Å². The summed E-state index contributed by atoms with van der Waals surface area (Å²) in [4.78, 5) is 14.3. The molecule has 0 unspecified atom stereocenters. The second-order valence-electron chi connectivity index (χ2n) is 5.41. The molecule has 122 valence electrons. The van der Waals surface area contributed by atoms with Crippen molar-refractivity contribution in [1.29, 1.82) is 0 Å². The molecular weight excluding hydrogens is 314 g/mol. The van der Waals surface area contributed by atoms with Crippen molar-refractivity contribution in [3.05, 3.63) is 35.5 Å². The van der Waals surface area contributed by atoms with E-state index in [2.05, 4.69) is 9.69 Å². The maximum atomic E-state index is 12.7. The molecule has 1 atom stereocenters. The molecule has 0 fully saturated rings. The van der Waals surface area contributed by atoms with Gasteiger partial charge < -0.3 is 19.7 Å². The predicted octanol–water partition coefficient (Wildman–Crippen LogP) is 2.41. The van der Waals surface area contributed by atoms with Crippen molar-refractivity contribution >= 4 is 22.4 Å². The molecule has 1 aliphatic rings. The van der Waals surface area contributed by atoms with Crippen LogP contribution in [0.2, 0.25) is 0 Å². The normalized spacial score (nSPS) is 16.0. The standard InChI is InChI=1S/C16H19N3O3S/c1-10-14(15(17-2)23-18-10)16(20)19(3)8-11-9-21-12-6-4-5-7-13(12)22-11/h4-7,11,17H,8-9H2,1-3H3/t11-/m0/s1. The van der Waals surface area contributed by atoms with Crippen LogP contribution in [0.3, 0.4) is 0 Å². The van der Waals surface area contributed by atoms with Gasteiger partial charge in [-0.1, -0.05) is 12.1 Å². The third-order valence-electron chi connectivity index (χ3n) is 3.70. The molecule has 1 N–H and O–H groups in total. The van der Waals surface area contributed by atoms with Crippen molar-refractivity contribution in [2.24, 2.45) is 0 Å². The number of para-hydroxylation sites is 2. The molecule has 1 aromatic carbocycles. The lowest BCUT2D eigenvalue weighted by Gasteiger charge is -2.29. The molecule has 6 nitrogen and oxygen atoms in total. The van der Waals surface area contributed by atoms with E-state index in [1.165, 1.54) is 11.5 Å². The highest BCUT2D eigenvalue weighted by Gasteiger charge is 2.26. The molecule has 0 saturated heterocycles. The minimum Gasteiger partial charge on any atom is -0.486 e. The first-order valence-corrected chi connectivity index (χ1v) is 8.15. The van der Waals surface area contributed by atoms with Gasteiger partial charge in [-0.2, -0.15) is 4.37 Å². The highest BCUT2D eigenvalue weighted by Crippen LogP contribution is 2.31. The number of nitrogens with one attached hydrogen (secondary N) is 1. The molecule has 3 rings (SSSR count). The van der Waals surface area contributed by atoms with Gasteiger partial charge in [-0.3, -0.25) is 4.79 Å². The van der Waals surface area contributed by atoms with Crippen molar-refractivity contribution in [2.45, 2.75) is 13.0 Å². The third kappa shape index (κ3) is 3.10. The summed E-state index contributed by atoms with van der Waals surface area (Å²) in [6.45, 7) is 2.72. The number of ether oxygens (including phenoxy) is 2. The Hall–Kier alpha value is -2.28. The zero-order valence-corrected chi connectivity index (χ0v) is 14.1. The number of carbonyl (C=O) groups is 1. The summed E-state index contributed by atoms with van der Waals surface area (Å²) < 4.78 is 15.8. The first-order chi connectivity index (χ1) is 11.1. The number of fused-ring (bicyclic) bond motifs is 1. The Labute approximate surface area is 139 Å². The number of carbonyl (C=O) groups excluding carboxylic acids is 1. The second-order valence-corrected chi connectivity index (χ2v) is 6.18. The minimum absolute atomic E-state index is 0.0666. The largest absolute Gasteiger partial charge is 0.486 e. The van der Waals surface area contributed by atoms with E-state index in [0.29, 0.717) is 24.5 Å². The first-order valence-electron chi connectivity index (χ1n) is 7.38. The van der Waals surface area contributed by atoms with E-state index in [9.17, 15) is 4.79 Å². The van der Waals surface area contributed by atoms with Crippen molar-refractivity contribution in [3.63, 3.8) is 0 Å². The number of hydrogen-bond acceptors (Lipinski definition) is 6. The van der Waals surface area contributed by atoms with E-state index in [1.54, 1.807) is 19.0 Å². The van der Waals surface area contributed by atoms with Gasteiger partial charge in [0.25, 0.3) is 5.91 Å². The SMILES string of the molecule is CNc1snc(C)c1C(=O)N(C)C[C@H]1COc2ccccc2O1. The van der Waals surface area contributed by atoms with Crippen molar-refractivity contribution in [3.8, 4) is 11.5 Å². The molecule has 2 heterocycles. The zero-order chi connectivity index (χ0) is 16.4. The smallest absolute Gasteiger partial charge is 0.258 e. The van der Waals surface area contributed by atoms with E-state index in [1.807, 2.05) is 31.2 Å². The number of benzene rings is 1. The van der Waals surface area contributed by atoms with Crippen LogP contribution < -0.4 is 14.8 Å². The maximum absolute atomic E-state index is 12.7. The summed E-state index contributed by atoms with van der Waals surface area (Å²) in [5.74, 6) is 1.39. The van der Waals surface area contributed by atoms with Crippen molar-refractivity contribution in [1.82, 2.24) is 9.27 Å². The van der Waals surface area contributed by atoms with Crippen LogP contribution in [0.15, 0.2) is 24.3 Å². The van der Waals surface area contributed by atoms with E-state index in [4.69, 9.17) is 9.47 Å². The minimum atomic E-state index is -0.191. The summed E-state index contributed by atoms with van der Waals surface area (Å²) in [5.41, 5.74) is 1.36. The van der Waals surface area contributed by atoms with Crippen LogP contribution in [-0.2, 0) is 0 Å². The fourth-order valence-electron chi connectivity index (χ4n) is 2.52. The summed E-state index contributed by atoms with van der Waals surface area (Å²) in [6, 6.07) is 7.55. The van der Waals surface area contributed by atoms with Gasteiger partial charge in [0.1, 0.15) is 11.6 Å². The van der Waals surface area contributed by atoms with Gasteiger partial charge in [-0.25, -0.2) is 0 Å². The highest BCUT2D eigenvalue weighted by molar-refractivity contribution is 7.10. The monoisotopic (exact) mass is 333 g/mol. The first kappa shape index (κ1) is 15.6. The number of amides is 1. The number of nitrogens with zero attached hydrogens (tertiary/aromatic N) is 2. The number of aromatic nitrogens is 1. The summed E-state index contributed by atoms with van der Waals surface area (Å²) in [7, 11) is 3.56. The van der Waals surface area contributed by atoms with Crippen LogP contribution in [0.4, 0.5) is 5.00 Å². The summed E-state index contributed by atoms with van der Waals surface area (Å²) in [5, 5.41) is 3.80. The van der Waals surface area contributed by atoms with E-state index in [0.717, 1.165) is 16.4 Å². The lowest BCUT2D eigenvalue weighted by Crippen LogP contribution is -2.42. The van der Waals surface area contributed by atoms with Gasteiger partial charge >= 0.3 is 0 Å². The van der Waals surface area contributed by atoms with Crippen molar-refractivity contribution < 1.29 is 14.3 Å². The quantitative estimate of drug-likeness (QED) is 0.931. The number of likely N-dealkylation sites (N-methyl/N-ethyl adjacent to an activating group) is 1. The molecule has 0 saturated carbocycles. The lowest BCUT2D eigenvalue weighted by molar-refractivity contribution is 0.0521. The van der Waals surface area contributed by atoms with Crippen LogP contribution in [0.25, 0.3) is 0 Å². The van der Waals surface area contributed by atoms with Crippen LogP contribution in [-0.4, -0.2) is 48.5 Å². The number of rotatable bonds is 4. The predicted molar refractivity (Wildman–Crippen MR) is 89.7 cm³/mol. The molecule has 1 aliphatic heterocycles. The molecule has 2 aromatic rings. The van der Waals surface area contributed by atoms with Crippen LogP contribution in [0.1, 0.15) is 16.1 Å². The van der Waals surface area contributed by atoms with Crippen LogP contribution in [0.5, 0.6) is 11.5 Å². The third-order valence-corrected chi connectivity index (χ3v) is 4.65. The van der Waals surface area contributed by atoms with Crippen LogP contribution >= 0.6 is 11.5 Å². The second kappa shape index (κ2) is 6.45. The Balaban J connectivity index is 1.69. The molecule has 1 aromatic heterocycles. The molecule has 23 heavy (non-hydrogen) atoms. The fraction of sp³-hybridized carbons (Fsp3) is 0.375. The average Bonchev–Trinajstić information content (AvgIpc) is 2.94. The van der Waals surface area contributed by atoms with Gasteiger partial charge in [0.15, 0.2) is 17.6 Å². The van der Waals surface area contributed by atoms with Crippen molar-refractivity contribution in [2.75, 3.05) is 32.6 Å². The molecule has 7 heteroatoms. The Morgan fingerprint density at radius 2 is 2.17 bits per heavy atom. The Morgan fingerprint density at radius 1 is 1.43 bits per heavy atom. The summed E-state index contributed by atoms with van der Waals surface area (Å²) >= 11 is 1.29. The highest BCUT2D eigenvalue weighted by atomic mass is 32.1. The number of aryl methyl sites for hydroxylation is 1. The van der Waals surface area contributed by atoms with E-state index < -0.39 is 0 Å². The molecule has 0 bridgehead atoms.